The molecule has 0 aromatic carbocycles. The van der Waals surface area contributed by atoms with Gasteiger partial charge < -0.3 is 4.90 Å². The van der Waals surface area contributed by atoms with Gasteiger partial charge in [-0.05, 0) is 17.5 Å². The first-order chi connectivity index (χ1) is 11.4. The van der Waals surface area contributed by atoms with Crippen LogP contribution in [-0.4, -0.2) is 48.4 Å². The van der Waals surface area contributed by atoms with Gasteiger partial charge in [0.2, 0.25) is 15.9 Å². The first-order valence-corrected chi connectivity index (χ1v) is 10.4. The molecule has 0 saturated carbocycles. The average Bonchev–Trinajstić information content (AvgIpc) is 3.13. The number of thiophene rings is 1. The number of carbonyl (C=O) groups excluding carboxylic acids is 1. The molecule has 3 heterocycles. The third-order valence-electron chi connectivity index (χ3n) is 3.96. The fourth-order valence-electron chi connectivity index (χ4n) is 2.80. The first-order valence-electron chi connectivity index (χ1n) is 7.66. The fourth-order valence-corrected chi connectivity index (χ4v) is 4.03. The van der Waals surface area contributed by atoms with Gasteiger partial charge in [0.15, 0.2) is 0 Å². The molecule has 0 saturated heterocycles. The van der Waals surface area contributed by atoms with Crippen molar-refractivity contribution in [2.24, 2.45) is 5.92 Å². The molecule has 3 rings (SSSR count). The lowest BCUT2D eigenvalue weighted by Crippen LogP contribution is -2.39. The van der Waals surface area contributed by atoms with Gasteiger partial charge in [0, 0.05) is 36.6 Å². The monoisotopic (exact) mass is 368 g/mol. The summed E-state index contributed by atoms with van der Waals surface area (Å²) in [6.45, 7) is 1.89. The van der Waals surface area contributed by atoms with Gasteiger partial charge in [-0.3, -0.25) is 9.48 Å². The largest absolute Gasteiger partial charge is 0.336 e. The standard InChI is InChI=1S/C15H20N4O3S2/c1-24(21,22)17-8-12-9-18(11-13-4-5-16-19(13)10-12)15(20)7-14-3-2-6-23-14/h2-6,12,17H,7-11H2,1H3. The third kappa shape index (κ3) is 4.43. The van der Waals surface area contributed by atoms with Crippen molar-refractivity contribution in [3.05, 3.63) is 40.3 Å². The quantitative estimate of drug-likeness (QED) is 0.842. The van der Waals surface area contributed by atoms with E-state index in [4.69, 9.17) is 0 Å². The fraction of sp³-hybridized carbons (Fsp3) is 0.467. The molecule has 0 radical (unpaired) electrons. The van der Waals surface area contributed by atoms with Gasteiger partial charge in [-0.15, -0.1) is 11.3 Å². The molecular formula is C15H20N4O3S2. The van der Waals surface area contributed by atoms with E-state index in [-0.39, 0.29) is 11.8 Å². The molecule has 0 spiro atoms. The van der Waals surface area contributed by atoms with E-state index in [1.54, 1.807) is 22.4 Å². The van der Waals surface area contributed by atoms with Crippen molar-refractivity contribution in [3.63, 3.8) is 0 Å². The van der Waals surface area contributed by atoms with Crippen LogP contribution in [0.2, 0.25) is 0 Å². The van der Waals surface area contributed by atoms with Crippen molar-refractivity contribution in [1.82, 2.24) is 19.4 Å². The van der Waals surface area contributed by atoms with E-state index in [1.807, 2.05) is 28.3 Å². The number of hydrogen-bond acceptors (Lipinski definition) is 5. The highest BCUT2D eigenvalue weighted by Gasteiger charge is 2.26. The number of amides is 1. The van der Waals surface area contributed by atoms with E-state index in [9.17, 15) is 13.2 Å². The van der Waals surface area contributed by atoms with E-state index in [1.165, 1.54) is 0 Å². The smallest absolute Gasteiger partial charge is 0.228 e. The summed E-state index contributed by atoms with van der Waals surface area (Å²) in [5.74, 6) is 0.0321. The second-order valence-electron chi connectivity index (χ2n) is 6.02. The summed E-state index contributed by atoms with van der Waals surface area (Å²) in [7, 11) is -3.26. The van der Waals surface area contributed by atoms with Crippen molar-refractivity contribution in [1.29, 1.82) is 0 Å². The van der Waals surface area contributed by atoms with Gasteiger partial charge in [0.25, 0.3) is 0 Å². The highest BCUT2D eigenvalue weighted by Crippen LogP contribution is 2.18. The van der Waals surface area contributed by atoms with E-state index < -0.39 is 10.0 Å². The van der Waals surface area contributed by atoms with E-state index in [2.05, 4.69) is 9.82 Å². The van der Waals surface area contributed by atoms with Crippen LogP contribution < -0.4 is 4.72 Å². The van der Waals surface area contributed by atoms with Crippen molar-refractivity contribution < 1.29 is 13.2 Å². The van der Waals surface area contributed by atoms with Crippen molar-refractivity contribution in [2.75, 3.05) is 19.3 Å². The van der Waals surface area contributed by atoms with E-state index in [0.717, 1.165) is 16.8 Å². The molecule has 0 aliphatic carbocycles. The third-order valence-corrected chi connectivity index (χ3v) is 5.53. The van der Waals surface area contributed by atoms with Crippen LogP contribution in [0.25, 0.3) is 0 Å². The maximum atomic E-state index is 12.7. The minimum Gasteiger partial charge on any atom is -0.336 e. The van der Waals surface area contributed by atoms with E-state index in [0.29, 0.717) is 32.6 Å². The molecule has 9 heteroatoms. The van der Waals surface area contributed by atoms with Crippen molar-refractivity contribution in [3.8, 4) is 0 Å². The Kier molecular flexibility index (Phi) is 5.02. The number of sulfonamides is 1. The topological polar surface area (TPSA) is 84.3 Å². The van der Waals surface area contributed by atoms with Crippen molar-refractivity contribution >= 4 is 27.3 Å². The molecule has 2 aromatic rings. The lowest BCUT2D eigenvalue weighted by Gasteiger charge is -2.24. The van der Waals surface area contributed by atoms with Crippen LogP contribution in [0.5, 0.6) is 0 Å². The molecule has 7 nitrogen and oxygen atoms in total. The average molecular weight is 368 g/mol. The zero-order valence-corrected chi connectivity index (χ0v) is 15.0. The number of aromatic nitrogens is 2. The second kappa shape index (κ2) is 7.04. The number of nitrogens with one attached hydrogen (secondary N) is 1. The van der Waals surface area contributed by atoms with Crippen LogP contribution in [0, 0.1) is 5.92 Å². The summed E-state index contributed by atoms with van der Waals surface area (Å²) in [6, 6.07) is 5.79. The minimum atomic E-state index is -3.26. The first kappa shape index (κ1) is 17.1. The molecule has 1 aliphatic heterocycles. The Hall–Kier alpha value is -1.71. The maximum absolute atomic E-state index is 12.7. The zero-order chi connectivity index (χ0) is 17.2. The van der Waals surface area contributed by atoms with E-state index >= 15 is 0 Å². The highest BCUT2D eigenvalue weighted by atomic mass is 32.2. The Bertz CT molecular complexity index is 799. The Morgan fingerprint density at radius 3 is 2.96 bits per heavy atom. The predicted octanol–water partition coefficient (Wildman–Crippen LogP) is 0.695. The van der Waals surface area contributed by atoms with Gasteiger partial charge in [0.1, 0.15) is 0 Å². The maximum Gasteiger partial charge on any atom is 0.228 e. The van der Waals surface area contributed by atoms with Gasteiger partial charge in [-0.1, -0.05) is 6.07 Å². The molecular weight excluding hydrogens is 348 g/mol. The van der Waals surface area contributed by atoms with Gasteiger partial charge in [0.05, 0.1) is 24.9 Å². The molecule has 0 bridgehead atoms. The van der Waals surface area contributed by atoms with Crippen LogP contribution in [-0.2, 0) is 34.3 Å². The van der Waals surface area contributed by atoms with Crippen molar-refractivity contribution in [2.45, 2.75) is 19.5 Å². The van der Waals surface area contributed by atoms with Crippen LogP contribution in [0.15, 0.2) is 29.8 Å². The molecule has 0 fully saturated rings. The lowest BCUT2D eigenvalue weighted by molar-refractivity contribution is -0.131. The van der Waals surface area contributed by atoms with Gasteiger partial charge in [-0.25, -0.2) is 13.1 Å². The summed E-state index contributed by atoms with van der Waals surface area (Å²) in [5, 5.41) is 6.24. The molecule has 24 heavy (non-hydrogen) atoms. The lowest BCUT2D eigenvalue weighted by atomic mass is 10.1. The molecule has 1 unspecified atom stereocenters. The number of carbonyl (C=O) groups is 1. The van der Waals surface area contributed by atoms with Gasteiger partial charge in [-0.2, -0.15) is 5.10 Å². The SMILES string of the molecule is CS(=O)(=O)NCC1CN(C(=O)Cc2cccs2)Cc2ccnn2C1. The number of fused-ring (bicyclic) bond motifs is 1. The summed E-state index contributed by atoms with van der Waals surface area (Å²) in [5.41, 5.74) is 0.969. The number of nitrogens with zero attached hydrogens (tertiary/aromatic N) is 3. The highest BCUT2D eigenvalue weighted by molar-refractivity contribution is 7.88. The normalized spacial score (nSPS) is 18.2. The molecule has 130 valence electrons. The zero-order valence-electron chi connectivity index (χ0n) is 13.4. The van der Waals surface area contributed by atoms with Crippen LogP contribution in [0.3, 0.4) is 0 Å². The summed E-state index contributed by atoms with van der Waals surface area (Å²) in [4.78, 5) is 15.5. The molecule has 1 N–H and O–H groups in total. The van der Waals surface area contributed by atoms with Gasteiger partial charge >= 0.3 is 0 Å². The van der Waals surface area contributed by atoms with Crippen LogP contribution >= 0.6 is 11.3 Å². The Morgan fingerprint density at radius 2 is 2.25 bits per heavy atom. The number of rotatable bonds is 5. The Balaban J connectivity index is 1.74. The van der Waals surface area contributed by atoms with Crippen LogP contribution in [0.4, 0.5) is 0 Å². The summed E-state index contributed by atoms with van der Waals surface area (Å²) in [6.07, 6.45) is 3.23. The summed E-state index contributed by atoms with van der Waals surface area (Å²) < 4.78 is 27.1. The minimum absolute atomic E-state index is 0.0202. The molecule has 1 atom stereocenters. The Labute approximate surface area is 145 Å². The summed E-state index contributed by atoms with van der Waals surface area (Å²) >= 11 is 1.57. The molecule has 2 aromatic heterocycles. The second-order valence-corrected chi connectivity index (χ2v) is 8.89. The Morgan fingerprint density at radius 1 is 1.42 bits per heavy atom. The van der Waals surface area contributed by atoms with Crippen LogP contribution in [0.1, 0.15) is 10.6 Å². The number of hydrogen-bond donors (Lipinski definition) is 1. The predicted molar refractivity (Wildman–Crippen MR) is 92.0 cm³/mol. The molecule has 1 amide bonds. The molecule has 1 aliphatic rings.